The summed E-state index contributed by atoms with van der Waals surface area (Å²) in [7, 11) is 0. The molecule has 4 nitrogen and oxygen atoms in total. The van der Waals surface area contributed by atoms with Gasteiger partial charge in [-0.05, 0) is 25.8 Å². The highest BCUT2D eigenvalue weighted by molar-refractivity contribution is 5.85. The summed E-state index contributed by atoms with van der Waals surface area (Å²) in [4.78, 5) is 14.3. The zero-order valence-corrected chi connectivity index (χ0v) is 11.6. The van der Waals surface area contributed by atoms with E-state index in [2.05, 4.69) is 5.32 Å². The molecule has 1 aromatic rings. The second-order valence-electron chi connectivity index (χ2n) is 4.77. The Kier molecular flexibility index (Phi) is 4.93. The van der Waals surface area contributed by atoms with Gasteiger partial charge in [0.1, 0.15) is 6.04 Å². The Morgan fingerprint density at radius 2 is 2.05 bits per heavy atom. The monoisotopic (exact) mass is 262 g/mol. The molecule has 1 aromatic carbocycles. The highest BCUT2D eigenvalue weighted by Crippen LogP contribution is 2.23. The standard InChI is InChI=1S/C15H22N2O2/c1-3-19-11-7-10-17-12(2)16-14(15(17)18)13-8-5-4-6-9-13/h4-6,8-9,12,14,16H,3,7,10-11H2,1-2H3. The predicted molar refractivity (Wildman–Crippen MR) is 74.6 cm³/mol. The Labute approximate surface area is 114 Å². The number of ether oxygens (including phenoxy) is 1. The van der Waals surface area contributed by atoms with Crippen molar-refractivity contribution < 1.29 is 9.53 Å². The molecule has 0 aromatic heterocycles. The first-order chi connectivity index (χ1) is 9.24. The highest BCUT2D eigenvalue weighted by atomic mass is 16.5. The first-order valence-corrected chi connectivity index (χ1v) is 6.93. The number of carbonyl (C=O) groups excluding carboxylic acids is 1. The SMILES string of the molecule is CCOCCCN1C(=O)C(c2ccccc2)NC1C. The van der Waals surface area contributed by atoms with Gasteiger partial charge in [-0.3, -0.25) is 10.1 Å². The summed E-state index contributed by atoms with van der Waals surface area (Å²) < 4.78 is 5.32. The van der Waals surface area contributed by atoms with Gasteiger partial charge in [-0.15, -0.1) is 0 Å². The van der Waals surface area contributed by atoms with Crippen LogP contribution < -0.4 is 5.32 Å². The average molecular weight is 262 g/mol. The van der Waals surface area contributed by atoms with Crippen LogP contribution >= 0.6 is 0 Å². The van der Waals surface area contributed by atoms with Crippen LogP contribution in [0, 0.1) is 0 Å². The minimum Gasteiger partial charge on any atom is -0.382 e. The molecule has 1 aliphatic rings. The quantitative estimate of drug-likeness (QED) is 0.797. The molecule has 1 heterocycles. The average Bonchev–Trinajstić information content (AvgIpc) is 2.72. The van der Waals surface area contributed by atoms with Gasteiger partial charge in [-0.25, -0.2) is 0 Å². The summed E-state index contributed by atoms with van der Waals surface area (Å²) in [6, 6.07) is 9.67. The number of hydrogen-bond donors (Lipinski definition) is 1. The smallest absolute Gasteiger partial charge is 0.245 e. The molecule has 1 aliphatic heterocycles. The van der Waals surface area contributed by atoms with Gasteiger partial charge in [-0.1, -0.05) is 30.3 Å². The molecule has 0 bridgehead atoms. The van der Waals surface area contributed by atoms with Crippen LogP contribution in [0.25, 0.3) is 0 Å². The molecule has 2 rings (SSSR count). The lowest BCUT2D eigenvalue weighted by Crippen LogP contribution is -2.35. The van der Waals surface area contributed by atoms with Gasteiger partial charge < -0.3 is 9.64 Å². The van der Waals surface area contributed by atoms with E-state index in [0.29, 0.717) is 6.61 Å². The summed E-state index contributed by atoms with van der Waals surface area (Å²) >= 11 is 0. The van der Waals surface area contributed by atoms with Gasteiger partial charge >= 0.3 is 0 Å². The molecule has 0 aliphatic carbocycles. The molecular formula is C15H22N2O2. The zero-order valence-electron chi connectivity index (χ0n) is 11.6. The predicted octanol–water partition coefficient (Wildman–Crippen LogP) is 1.93. The third kappa shape index (κ3) is 3.33. The van der Waals surface area contributed by atoms with E-state index in [1.54, 1.807) is 0 Å². The maximum absolute atomic E-state index is 12.4. The first kappa shape index (κ1) is 14.0. The number of hydrogen-bond acceptors (Lipinski definition) is 3. The van der Waals surface area contributed by atoms with Gasteiger partial charge in [0.25, 0.3) is 0 Å². The Bertz CT molecular complexity index is 408. The fourth-order valence-corrected chi connectivity index (χ4v) is 2.43. The van der Waals surface area contributed by atoms with E-state index in [1.165, 1.54) is 0 Å². The number of nitrogens with zero attached hydrogens (tertiary/aromatic N) is 1. The van der Waals surface area contributed by atoms with E-state index in [1.807, 2.05) is 49.1 Å². The summed E-state index contributed by atoms with van der Waals surface area (Å²) in [5.41, 5.74) is 1.03. The number of carbonyl (C=O) groups is 1. The van der Waals surface area contributed by atoms with Crippen LogP contribution in [-0.4, -0.2) is 36.7 Å². The van der Waals surface area contributed by atoms with Crippen molar-refractivity contribution in [1.82, 2.24) is 10.2 Å². The van der Waals surface area contributed by atoms with Crippen LogP contribution in [0.4, 0.5) is 0 Å². The van der Waals surface area contributed by atoms with Gasteiger partial charge in [0.15, 0.2) is 0 Å². The van der Waals surface area contributed by atoms with Crippen molar-refractivity contribution in [3.63, 3.8) is 0 Å². The topological polar surface area (TPSA) is 41.6 Å². The lowest BCUT2D eigenvalue weighted by Gasteiger charge is -2.20. The molecule has 0 saturated carbocycles. The summed E-state index contributed by atoms with van der Waals surface area (Å²) in [5.74, 6) is 0.162. The van der Waals surface area contributed by atoms with Crippen molar-refractivity contribution in [3.05, 3.63) is 35.9 Å². The zero-order chi connectivity index (χ0) is 13.7. The molecule has 1 saturated heterocycles. The normalized spacial score (nSPS) is 23.1. The van der Waals surface area contributed by atoms with E-state index in [4.69, 9.17) is 4.74 Å². The van der Waals surface area contributed by atoms with Crippen molar-refractivity contribution in [1.29, 1.82) is 0 Å². The highest BCUT2D eigenvalue weighted by Gasteiger charge is 2.36. The third-order valence-corrected chi connectivity index (χ3v) is 3.43. The summed E-state index contributed by atoms with van der Waals surface area (Å²) in [5, 5.41) is 3.35. The van der Waals surface area contributed by atoms with Crippen molar-refractivity contribution in [3.8, 4) is 0 Å². The molecular weight excluding hydrogens is 240 g/mol. The Balaban J connectivity index is 1.95. The lowest BCUT2D eigenvalue weighted by molar-refractivity contribution is -0.130. The van der Waals surface area contributed by atoms with E-state index in [-0.39, 0.29) is 18.1 Å². The van der Waals surface area contributed by atoms with Crippen molar-refractivity contribution in [2.24, 2.45) is 0 Å². The van der Waals surface area contributed by atoms with Crippen molar-refractivity contribution in [2.45, 2.75) is 32.5 Å². The van der Waals surface area contributed by atoms with Crippen molar-refractivity contribution >= 4 is 5.91 Å². The summed E-state index contributed by atoms with van der Waals surface area (Å²) in [6.07, 6.45) is 0.965. The number of amides is 1. The van der Waals surface area contributed by atoms with Gasteiger partial charge in [0, 0.05) is 19.8 Å². The largest absolute Gasteiger partial charge is 0.382 e. The third-order valence-electron chi connectivity index (χ3n) is 3.43. The molecule has 0 spiro atoms. The van der Waals surface area contributed by atoms with E-state index in [9.17, 15) is 4.79 Å². The maximum atomic E-state index is 12.4. The van der Waals surface area contributed by atoms with Crippen LogP contribution in [0.15, 0.2) is 30.3 Å². The van der Waals surface area contributed by atoms with E-state index in [0.717, 1.165) is 25.1 Å². The van der Waals surface area contributed by atoms with Crippen LogP contribution in [0.5, 0.6) is 0 Å². The minimum atomic E-state index is -0.205. The Morgan fingerprint density at radius 3 is 2.74 bits per heavy atom. The number of nitrogens with one attached hydrogen (secondary N) is 1. The molecule has 1 amide bonds. The molecule has 104 valence electrons. The maximum Gasteiger partial charge on any atom is 0.245 e. The van der Waals surface area contributed by atoms with Crippen molar-refractivity contribution in [2.75, 3.05) is 19.8 Å². The molecule has 2 atom stereocenters. The Hall–Kier alpha value is -1.39. The van der Waals surface area contributed by atoms with E-state index < -0.39 is 0 Å². The first-order valence-electron chi connectivity index (χ1n) is 6.93. The number of rotatable bonds is 6. The van der Waals surface area contributed by atoms with Gasteiger partial charge in [-0.2, -0.15) is 0 Å². The van der Waals surface area contributed by atoms with E-state index >= 15 is 0 Å². The molecule has 1 N–H and O–H groups in total. The molecule has 1 fully saturated rings. The fraction of sp³-hybridized carbons (Fsp3) is 0.533. The number of benzene rings is 1. The molecule has 2 unspecified atom stereocenters. The second-order valence-corrected chi connectivity index (χ2v) is 4.77. The van der Waals surface area contributed by atoms with Gasteiger partial charge in [0.2, 0.25) is 5.91 Å². The summed E-state index contributed by atoms with van der Waals surface area (Å²) in [6.45, 7) is 6.20. The van der Waals surface area contributed by atoms with Crippen LogP contribution in [-0.2, 0) is 9.53 Å². The van der Waals surface area contributed by atoms with Crippen LogP contribution in [0.2, 0.25) is 0 Å². The van der Waals surface area contributed by atoms with Gasteiger partial charge in [0.05, 0.1) is 6.17 Å². The fourth-order valence-electron chi connectivity index (χ4n) is 2.43. The molecule has 19 heavy (non-hydrogen) atoms. The molecule has 0 radical (unpaired) electrons. The Morgan fingerprint density at radius 1 is 1.32 bits per heavy atom. The van der Waals surface area contributed by atoms with Crippen LogP contribution in [0.3, 0.4) is 0 Å². The minimum absolute atomic E-state index is 0.0827. The van der Waals surface area contributed by atoms with Crippen LogP contribution in [0.1, 0.15) is 31.9 Å². The lowest BCUT2D eigenvalue weighted by atomic mass is 10.1. The molecule has 4 heteroatoms. The second kappa shape index (κ2) is 6.68.